The van der Waals surface area contributed by atoms with Crippen LogP contribution in [0.1, 0.15) is 61.3 Å². The Kier molecular flexibility index (Phi) is 8.63. The van der Waals surface area contributed by atoms with Crippen LogP contribution in [0.25, 0.3) is 0 Å². The Morgan fingerprint density at radius 1 is 0.786 bits per heavy atom. The molecule has 28 heavy (non-hydrogen) atoms. The molecule has 1 aromatic rings. The van der Waals surface area contributed by atoms with E-state index in [1.54, 1.807) is 0 Å². The molecule has 0 spiro atoms. The van der Waals surface area contributed by atoms with E-state index in [1.165, 1.54) is 24.3 Å². The van der Waals surface area contributed by atoms with Gasteiger partial charge >= 0.3 is 11.9 Å². The first-order valence-electron chi connectivity index (χ1n) is 9.18. The van der Waals surface area contributed by atoms with Gasteiger partial charge < -0.3 is 20.8 Å². The lowest BCUT2D eigenvalue weighted by atomic mass is 10.0. The third kappa shape index (κ3) is 7.38. The number of rotatable bonds is 10. The van der Waals surface area contributed by atoms with Crippen LogP contribution in [-0.4, -0.2) is 46.0 Å². The third-order valence-corrected chi connectivity index (χ3v) is 4.01. The number of hydrogen-bond acceptors (Lipinski definition) is 4. The average molecular weight is 392 g/mol. The van der Waals surface area contributed by atoms with Crippen molar-refractivity contribution in [2.75, 3.05) is 0 Å². The Labute approximate surface area is 164 Å². The Morgan fingerprint density at radius 3 is 1.43 bits per heavy atom. The molecule has 0 radical (unpaired) electrons. The molecule has 0 bridgehead atoms. The van der Waals surface area contributed by atoms with Crippen LogP contribution in [0.2, 0.25) is 0 Å². The van der Waals surface area contributed by atoms with Crippen molar-refractivity contribution in [3.05, 3.63) is 35.4 Å². The number of carbonyl (C=O) groups excluding carboxylic acids is 2. The van der Waals surface area contributed by atoms with Gasteiger partial charge in [-0.25, -0.2) is 9.59 Å². The molecule has 8 nitrogen and oxygen atoms in total. The fourth-order valence-corrected chi connectivity index (χ4v) is 2.67. The highest BCUT2D eigenvalue weighted by Gasteiger charge is 2.24. The Morgan fingerprint density at radius 2 is 1.14 bits per heavy atom. The highest BCUT2D eigenvalue weighted by molar-refractivity contribution is 6.01. The second kappa shape index (κ2) is 10.4. The van der Waals surface area contributed by atoms with E-state index in [0.717, 1.165) is 0 Å². The summed E-state index contributed by atoms with van der Waals surface area (Å²) in [5, 5.41) is 23.4. The number of hydrogen-bond donors (Lipinski definition) is 4. The molecule has 154 valence electrons. The monoisotopic (exact) mass is 392 g/mol. The van der Waals surface area contributed by atoms with Crippen molar-refractivity contribution in [2.45, 2.75) is 52.6 Å². The summed E-state index contributed by atoms with van der Waals surface area (Å²) < 4.78 is 0. The van der Waals surface area contributed by atoms with Crippen LogP contribution in [0.3, 0.4) is 0 Å². The number of carbonyl (C=O) groups is 4. The van der Waals surface area contributed by atoms with Gasteiger partial charge in [-0.3, -0.25) is 9.59 Å². The van der Waals surface area contributed by atoms with E-state index in [1.807, 2.05) is 27.7 Å². The first-order valence-corrected chi connectivity index (χ1v) is 9.18. The molecule has 0 unspecified atom stereocenters. The van der Waals surface area contributed by atoms with Gasteiger partial charge in [0.15, 0.2) is 0 Å². The average Bonchev–Trinajstić information content (AvgIpc) is 2.59. The summed E-state index contributed by atoms with van der Waals surface area (Å²) in [5.74, 6) is -3.33. The minimum Gasteiger partial charge on any atom is -0.480 e. The largest absolute Gasteiger partial charge is 0.480 e. The van der Waals surface area contributed by atoms with Crippen molar-refractivity contribution >= 4 is 23.8 Å². The summed E-state index contributed by atoms with van der Waals surface area (Å²) >= 11 is 0. The predicted octanol–water partition coefficient (Wildman–Crippen LogP) is 2.14. The summed E-state index contributed by atoms with van der Waals surface area (Å²) in [6, 6.07) is 3.65. The first-order chi connectivity index (χ1) is 13.0. The number of amides is 2. The Bertz CT molecular complexity index is 672. The van der Waals surface area contributed by atoms with E-state index in [4.69, 9.17) is 0 Å². The van der Waals surface area contributed by atoms with Gasteiger partial charge in [-0.05, 0) is 42.9 Å². The second-order valence-electron chi connectivity index (χ2n) is 7.57. The second-order valence-corrected chi connectivity index (χ2v) is 7.57. The van der Waals surface area contributed by atoms with Crippen LogP contribution in [0.4, 0.5) is 0 Å². The van der Waals surface area contributed by atoms with Crippen LogP contribution >= 0.6 is 0 Å². The molecule has 0 heterocycles. The molecule has 2 atom stereocenters. The molecule has 8 heteroatoms. The van der Waals surface area contributed by atoms with Crippen molar-refractivity contribution in [1.29, 1.82) is 0 Å². The standard InChI is InChI=1S/C20H28N2O6/c1-11(2)8-15(19(25)26)21-17(23)13-6-5-7-14(10-13)18(24)22-16(20(27)28)9-12(3)4/h5-7,10-12,15-16H,8-9H2,1-4H3,(H,21,23)(H,22,24)(H,25,26)(H,27,28)/t15-,16+. The molecule has 0 fully saturated rings. The van der Waals surface area contributed by atoms with E-state index >= 15 is 0 Å². The lowest BCUT2D eigenvalue weighted by Crippen LogP contribution is -2.42. The molecule has 0 aromatic heterocycles. The molecule has 1 aromatic carbocycles. The molecule has 0 aliphatic heterocycles. The minimum atomic E-state index is -1.13. The van der Waals surface area contributed by atoms with Gasteiger partial charge in [-0.2, -0.15) is 0 Å². The zero-order chi connectivity index (χ0) is 21.4. The molecule has 0 saturated heterocycles. The Hall–Kier alpha value is -2.90. The summed E-state index contributed by atoms with van der Waals surface area (Å²) in [6.07, 6.45) is 0.549. The van der Waals surface area contributed by atoms with Gasteiger partial charge in [0.2, 0.25) is 0 Å². The lowest BCUT2D eigenvalue weighted by molar-refractivity contribution is -0.140. The smallest absolute Gasteiger partial charge is 0.326 e. The van der Waals surface area contributed by atoms with E-state index in [0.29, 0.717) is 0 Å². The molecule has 0 aliphatic rings. The van der Waals surface area contributed by atoms with Crippen LogP contribution in [0.5, 0.6) is 0 Å². The summed E-state index contributed by atoms with van der Waals surface area (Å²) in [7, 11) is 0. The summed E-state index contributed by atoms with van der Waals surface area (Å²) in [5.41, 5.74) is 0.247. The highest BCUT2D eigenvalue weighted by atomic mass is 16.4. The van der Waals surface area contributed by atoms with Crippen LogP contribution in [0, 0.1) is 11.8 Å². The summed E-state index contributed by atoms with van der Waals surface area (Å²) in [6.45, 7) is 7.40. The number of carboxylic acid groups (broad SMARTS) is 2. The van der Waals surface area contributed by atoms with Crippen molar-refractivity contribution in [1.82, 2.24) is 10.6 Å². The van der Waals surface area contributed by atoms with Crippen molar-refractivity contribution in [2.24, 2.45) is 11.8 Å². The fraction of sp³-hybridized carbons (Fsp3) is 0.500. The number of carboxylic acids is 2. The van der Waals surface area contributed by atoms with Crippen LogP contribution in [0.15, 0.2) is 24.3 Å². The Balaban J connectivity index is 2.92. The van der Waals surface area contributed by atoms with Gasteiger partial charge in [-0.1, -0.05) is 33.8 Å². The zero-order valence-electron chi connectivity index (χ0n) is 16.6. The normalized spacial score (nSPS) is 13.1. The van der Waals surface area contributed by atoms with Gasteiger partial charge in [0, 0.05) is 11.1 Å². The molecule has 0 aliphatic carbocycles. The SMILES string of the molecule is CC(C)C[C@H](NC(=O)c1cccc(C(=O)N[C@H](CC(C)C)C(=O)O)c1)C(=O)O. The maximum atomic E-state index is 12.4. The molecule has 0 saturated carbocycles. The van der Waals surface area contributed by atoms with Gasteiger partial charge in [0.25, 0.3) is 11.8 Å². The minimum absolute atomic E-state index is 0.0763. The number of nitrogens with one attached hydrogen (secondary N) is 2. The maximum absolute atomic E-state index is 12.4. The quantitative estimate of drug-likeness (QED) is 0.482. The highest BCUT2D eigenvalue weighted by Crippen LogP contribution is 2.11. The zero-order valence-corrected chi connectivity index (χ0v) is 16.6. The topological polar surface area (TPSA) is 133 Å². The first kappa shape index (κ1) is 23.1. The van der Waals surface area contributed by atoms with E-state index < -0.39 is 35.8 Å². The lowest BCUT2D eigenvalue weighted by Gasteiger charge is -2.18. The van der Waals surface area contributed by atoms with Crippen molar-refractivity contribution < 1.29 is 29.4 Å². The maximum Gasteiger partial charge on any atom is 0.326 e. The molecular formula is C20H28N2O6. The summed E-state index contributed by atoms with van der Waals surface area (Å²) in [4.78, 5) is 47.4. The number of aliphatic carboxylic acids is 2. The van der Waals surface area contributed by atoms with Gasteiger partial charge in [0.05, 0.1) is 0 Å². The van der Waals surface area contributed by atoms with Gasteiger partial charge in [0.1, 0.15) is 12.1 Å². The number of benzene rings is 1. The van der Waals surface area contributed by atoms with E-state index in [2.05, 4.69) is 10.6 Å². The van der Waals surface area contributed by atoms with E-state index in [-0.39, 0.29) is 35.8 Å². The van der Waals surface area contributed by atoms with Crippen molar-refractivity contribution in [3.8, 4) is 0 Å². The van der Waals surface area contributed by atoms with E-state index in [9.17, 15) is 29.4 Å². The van der Waals surface area contributed by atoms with Crippen LogP contribution < -0.4 is 10.6 Å². The van der Waals surface area contributed by atoms with Crippen molar-refractivity contribution in [3.63, 3.8) is 0 Å². The van der Waals surface area contributed by atoms with Crippen LogP contribution in [-0.2, 0) is 9.59 Å². The molecule has 1 rings (SSSR count). The molecular weight excluding hydrogens is 364 g/mol. The van der Waals surface area contributed by atoms with Gasteiger partial charge in [-0.15, -0.1) is 0 Å². The third-order valence-electron chi connectivity index (χ3n) is 4.01. The fourth-order valence-electron chi connectivity index (χ4n) is 2.67. The predicted molar refractivity (Wildman–Crippen MR) is 103 cm³/mol. The molecule has 4 N–H and O–H groups in total. The molecule has 2 amide bonds.